The summed E-state index contributed by atoms with van der Waals surface area (Å²) < 4.78 is 0. The van der Waals surface area contributed by atoms with Crippen molar-refractivity contribution < 1.29 is 0 Å². The molecule has 1 atom stereocenters. The summed E-state index contributed by atoms with van der Waals surface area (Å²) in [6.45, 7) is 2.25. The minimum Gasteiger partial charge on any atom is -0.382 e. The van der Waals surface area contributed by atoms with E-state index in [-0.39, 0.29) is 0 Å². The monoisotopic (exact) mass is 271 g/mol. The molecule has 0 spiro atoms. The normalized spacial score (nSPS) is 19.0. The standard InChI is InChI=1S/C14H19Cl2N/c1-10(11-5-3-2-4-6-11)17-14-8-12(15)7-13(16)9-14/h7-11,17H,2-6H2,1H3. The van der Waals surface area contributed by atoms with Gasteiger partial charge in [0.1, 0.15) is 0 Å². The van der Waals surface area contributed by atoms with Crippen LogP contribution in [-0.2, 0) is 0 Å². The van der Waals surface area contributed by atoms with E-state index >= 15 is 0 Å². The van der Waals surface area contributed by atoms with Gasteiger partial charge >= 0.3 is 0 Å². The van der Waals surface area contributed by atoms with E-state index in [1.807, 2.05) is 12.1 Å². The number of halogens is 2. The second kappa shape index (κ2) is 5.97. The molecule has 1 fully saturated rings. The third-order valence-corrected chi connectivity index (χ3v) is 4.05. The third-order valence-electron chi connectivity index (χ3n) is 3.61. The highest BCUT2D eigenvalue weighted by molar-refractivity contribution is 6.35. The lowest BCUT2D eigenvalue weighted by molar-refractivity contribution is 0.328. The van der Waals surface area contributed by atoms with Crippen LogP contribution in [0.15, 0.2) is 18.2 Å². The molecule has 94 valence electrons. The minimum absolute atomic E-state index is 0.491. The molecule has 2 rings (SSSR count). The van der Waals surface area contributed by atoms with Crippen molar-refractivity contribution in [1.82, 2.24) is 0 Å². The van der Waals surface area contributed by atoms with Gasteiger partial charge in [-0.25, -0.2) is 0 Å². The van der Waals surface area contributed by atoms with Crippen molar-refractivity contribution in [3.05, 3.63) is 28.2 Å². The zero-order valence-corrected chi connectivity index (χ0v) is 11.7. The number of hydrogen-bond donors (Lipinski definition) is 1. The van der Waals surface area contributed by atoms with Gasteiger partial charge in [0.15, 0.2) is 0 Å². The zero-order chi connectivity index (χ0) is 12.3. The summed E-state index contributed by atoms with van der Waals surface area (Å²) in [7, 11) is 0. The SMILES string of the molecule is CC(Nc1cc(Cl)cc(Cl)c1)C1CCCCC1. The van der Waals surface area contributed by atoms with Crippen LogP contribution < -0.4 is 5.32 Å². The van der Waals surface area contributed by atoms with Crippen LogP contribution >= 0.6 is 23.2 Å². The molecular weight excluding hydrogens is 253 g/mol. The molecule has 3 heteroatoms. The number of benzene rings is 1. The first-order chi connectivity index (χ1) is 8.15. The smallest absolute Gasteiger partial charge is 0.0441 e. The van der Waals surface area contributed by atoms with Crippen LogP contribution in [0.4, 0.5) is 5.69 Å². The summed E-state index contributed by atoms with van der Waals surface area (Å²) in [5.74, 6) is 0.779. The van der Waals surface area contributed by atoms with Crippen molar-refractivity contribution in [2.75, 3.05) is 5.32 Å². The van der Waals surface area contributed by atoms with Gasteiger partial charge in [-0.05, 0) is 43.9 Å². The minimum atomic E-state index is 0.491. The van der Waals surface area contributed by atoms with Crippen molar-refractivity contribution in [3.63, 3.8) is 0 Å². The molecule has 1 saturated carbocycles. The van der Waals surface area contributed by atoms with Gasteiger partial charge in [-0.3, -0.25) is 0 Å². The van der Waals surface area contributed by atoms with Crippen molar-refractivity contribution in [2.24, 2.45) is 5.92 Å². The molecule has 1 aromatic carbocycles. The molecule has 0 aromatic heterocycles. The molecule has 1 nitrogen and oxygen atoms in total. The third kappa shape index (κ3) is 3.79. The highest BCUT2D eigenvalue weighted by Gasteiger charge is 2.19. The van der Waals surface area contributed by atoms with Gasteiger partial charge in [0.25, 0.3) is 0 Å². The van der Waals surface area contributed by atoms with Crippen LogP contribution in [0.2, 0.25) is 10.0 Å². The predicted octanol–water partition coefficient (Wildman–Crippen LogP) is 5.37. The van der Waals surface area contributed by atoms with E-state index in [0.29, 0.717) is 16.1 Å². The fourth-order valence-corrected chi connectivity index (χ4v) is 3.18. The van der Waals surface area contributed by atoms with Gasteiger partial charge in [-0.15, -0.1) is 0 Å². The molecule has 1 unspecified atom stereocenters. The molecule has 0 heterocycles. The Labute approximate surface area is 114 Å². The average molecular weight is 272 g/mol. The Kier molecular flexibility index (Phi) is 4.58. The summed E-state index contributed by atoms with van der Waals surface area (Å²) in [6, 6.07) is 6.13. The van der Waals surface area contributed by atoms with Crippen LogP contribution in [0.25, 0.3) is 0 Å². The average Bonchev–Trinajstić information content (AvgIpc) is 2.28. The highest BCUT2D eigenvalue weighted by Crippen LogP contribution is 2.29. The topological polar surface area (TPSA) is 12.0 Å². The molecule has 1 N–H and O–H groups in total. The van der Waals surface area contributed by atoms with Crippen LogP contribution in [0.5, 0.6) is 0 Å². The summed E-state index contributed by atoms with van der Waals surface area (Å²) in [5, 5.41) is 4.91. The van der Waals surface area contributed by atoms with E-state index in [0.717, 1.165) is 11.6 Å². The maximum absolute atomic E-state index is 5.99. The van der Waals surface area contributed by atoms with Gasteiger partial charge in [0.2, 0.25) is 0 Å². The lowest BCUT2D eigenvalue weighted by atomic mass is 9.84. The van der Waals surface area contributed by atoms with Gasteiger partial charge in [-0.2, -0.15) is 0 Å². The summed E-state index contributed by atoms with van der Waals surface area (Å²) in [4.78, 5) is 0. The van der Waals surface area contributed by atoms with E-state index < -0.39 is 0 Å². The largest absolute Gasteiger partial charge is 0.382 e. The molecule has 1 aliphatic rings. The van der Waals surface area contributed by atoms with Crippen molar-refractivity contribution >= 4 is 28.9 Å². The van der Waals surface area contributed by atoms with Gasteiger partial charge in [0, 0.05) is 21.8 Å². The van der Waals surface area contributed by atoms with E-state index in [2.05, 4.69) is 12.2 Å². The van der Waals surface area contributed by atoms with Crippen LogP contribution in [0.1, 0.15) is 39.0 Å². The first-order valence-electron chi connectivity index (χ1n) is 6.38. The van der Waals surface area contributed by atoms with Crippen LogP contribution in [0, 0.1) is 5.92 Å². The van der Waals surface area contributed by atoms with Crippen molar-refractivity contribution in [3.8, 4) is 0 Å². The van der Waals surface area contributed by atoms with E-state index in [9.17, 15) is 0 Å². The molecule has 17 heavy (non-hydrogen) atoms. The fourth-order valence-electron chi connectivity index (χ4n) is 2.65. The summed E-state index contributed by atoms with van der Waals surface area (Å²) in [6.07, 6.45) is 6.80. The summed E-state index contributed by atoms with van der Waals surface area (Å²) >= 11 is 12.0. The number of hydrogen-bond acceptors (Lipinski definition) is 1. The Bertz CT molecular complexity index is 352. The fraction of sp³-hybridized carbons (Fsp3) is 0.571. The van der Waals surface area contributed by atoms with Crippen LogP contribution in [0.3, 0.4) is 0 Å². The quantitative estimate of drug-likeness (QED) is 0.779. The number of nitrogens with one attached hydrogen (secondary N) is 1. The molecular formula is C14H19Cl2N. The van der Waals surface area contributed by atoms with Gasteiger partial charge in [0.05, 0.1) is 0 Å². The lowest BCUT2D eigenvalue weighted by Gasteiger charge is -2.29. The molecule has 0 bridgehead atoms. The number of rotatable bonds is 3. The van der Waals surface area contributed by atoms with Crippen molar-refractivity contribution in [1.29, 1.82) is 0 Å². The van der Waals surface area contributed by atoms with Gasteiger partial charge in [-0.1, -0.05) is 42.5 Å². The Morgan fingerprint density at radius 3 is 2.24 bits per heavy atom. The molecule has 1 aromatic rings. The Morgan fingerprint density at radius 2 is 1.65 bits per heavy atom. The number of anilines is 1. The van der Waals surface area contributed by atoms with E-state index in [4.69, 9.17) is 23.2 Å². The second-order valence-electron chi connectivity index (χ2n) is 4.99. The molecule has 0 aliphatic heterocycles. The van der Waals surface area contributed by atoms with Crippen molar-refractivity contribution in [2.45, 2.75) is 45.1 Å². The molecule has 0 radical (unpaired) electrons. The maximum atomic E-state index is 5.99. The molecule has 0 saturated heterocycles. The van der Waals surface area contributed by atoms with E-state index in [1.54, 1.807) is 6.07 Å². The van der Waals surface area contributed by atoms with Gasteiger partial charge < -0.3 is 5.32 Å². The molecule has 1 aliphatic carbocycles. The Balaban J connectivity index is 1.99. The predicted molar refractivity (Wildman–Crippen MR) is 76.1 cm³/mol. The van der Waals surface area contributed by atoms with Crippen LogP contribution in [-0.4, -0.2) is 6.04 Å². The highest BCUT2D eigenvalue weighted by atomic mass is 35.5. The first-order valence-corrected chi connectivity index (χ1v) is 7.13. The Morgan fingerprint density at radius 1 is 1.06 bits per heavy atom. The first kappa shape index (κ1) is 13.0. The molecule has 0 amide bonds. The van der Waals surface area contributed by atoms with E-state index in [1.165, 1.54) is 32.1 Å². The maximum Gasteiger partial charge on any atom is 0.0441 e. The summed E-state index contributed by atoms with van der Waals surface area (Å²) in [5.41, 5.74) is 1.03. The second-order valence-corrected chi connectivity index (χ2v) is 5.86. The lowest BCUT2D eigenvalue weighted by Crippen LogP contribution is -2.27. The zero-order valence-electron chi connectivity index (χ0n) is 10.2. The Hall–Kier alpha value is -0.400.